The van der Waals surface area contributed by atoms with Crippen LogP contribution in [0.25, 0.3) is 66.1 Å². The number of hydrogen-bond acceptors (Lipinski definition) is 0. The van der Waals surface area contributed by atoms with Gasteiger partial charge in [-0.1, -0.05) is 128 Å². The lowest BCUT2D eigenvalue weighted by molar-refractivity contribution is 0.593. The van der Waals surface area contributed by atoms with E-state index >= 15 is 0 Å². The van der Waals surface area contributed by atoms with Gasteiger partial charge in [-0.15, -0.1) is 0 Å². The smallest absolute Gasteiger partial charge is 0.0582 e. The second-order valence-electron chi connectivity index (χ2n) is 17.8. The first-order chi connectivity index (χ1) is 23.8. The molecule has 0 atom stereocenters. The number of fused-ring (bicyclic) bond motifs is 2. The molecule has 4 aliphatic rings. The molecule has 8 aromatic rings. The van der Waals surface area contributed by atoms with E-state index in [2.05, 4.69) is 162 Å². The summed E-state index contributed by atoms with van der Waals surface area (Å²) in [5.74, 6) is 0. The number of aromatic nitrogens is 2. The first-order valence-electron chi connectivity index (χ1n) is 18.4. The quantitative estimate of drug-likeness (QED) is 0.168. The zero-order chi connectivity index (χ0) is 34.0. The van der Waals surface area contributed by atoms with Crippen LogP contribution in [0.1, 0.15) is 99.9 Å². The van der Waals surface area contributed by atoms with Gasteiger partial charge in [-0.3, -0.25) is 0 Å². The van der Waals surface area contributed by atoms with Gasteiger partial charge in [-0.25, -0.2) is 0 Å². The Kier molecular flexibility index (Phi) is 4.40. The van der Waals surface area contributed by atoms with E-state index in [4.69, 9.17) is 0 Å². The van der Waals surface area contributed by atoms with Gasteiger partial charge in [0.05, 0.1) is 33.4 Å². The maximum absolute atomic E-state index is 2.64. The Balaban J connectivity index is 1.24. The highest BCUT2D eigenvalue weighted by Gasteiger charge is 2.45. The minimum atomic E-state index is -0.153. The molecule has 0 bridgehead atoms. The number of benzene rings is 6. The molecule has 2 aromatic heterocycles. The first kappa shape index (κ1) is 27.7. The third-order valence-corrected chi connectivity index (χ3v) is 14.0. The molecule has 0 spiro atoms. The number of nitrogens with zero attached hydrogens (tertiary/aromatic N) is 2. The van der Waals surface area contributed by atoms with E-state index in [9.17, 15) is 0 Å². The van der Waals surface area contributed by atoms with Crippen molar-refractivity contribution in [3.05, 3.63) is 142 Å². The van der Waals surface area contributed by atoms with Crippen LogP contribution in [0, 0.1) is 0 Å². The Morgan fingerprint density at radius 1 is 0.320 bits per heavy atom. The van der Waals surface area contributed by atoms with Crippen molar-refractivity contribution in [2.24, 2.45) is 0 Å². The topological polar surface area (TPSA) is 9.86 Å². The Morgan fingerprint density at radius 2 is 0.620 bits per heavy atom. The summed E-state index contributed by atoms with van der Waals surface area (Å²) in [5, 5.41) is 5.47. The van der Waals surface area contributed by atoms with Crippen molar-refractivity contribution in [3.63, 3.8) is 0 Å². The predicted octanol–water partition coefficient (Wildman–Crippen LogP) is 12.1. The monoisotopic (exact) mass is 644 g/mol. The minimum Gasteiger partial charge on any atom is -0.308 e. The van der Waals surface area contributed by atoms with Crippen molar-refractivity contribution in [2.45, 2.75) is 77.0 Å². The Labute approximate surface area is 293 Å². The lowest BCUT2D eigenvalue weighted by Gasteiger charge is -2.42. The van der Waals surface area contributed by atoms with Crippen LogP contribution in [0.5, 0.6) is 0 Å². The molecule has 0 aliphatic carbocycles. The average molecular weight is 645 g/mol. The van der Waals surface area contributed by atoms with E-state index in [-0.39, 0.29) is 21.7 Å². The normalized spacial score (nSPS) is 18.6. The molecule has 4 aliphatic heterocycles. The third-order valence-electron chi connectivity index (χ3n) is 14.0. The predicted molar refractivity (Wildman–Crippen MR) is 209 cm³/mol. The molecule has 242 valence electrons. The molecule has 0 N–H and O–H groups in total. The fraction of sp³-hybridized carbons (Fsp3) is 0.250. The van der Waals surface area contributed by atoms with Crippen LogP contribution in [-0.4, -0.2) is 9.13 Å². The highest BCUT2D eigenvalue weighted by Crippen LogP contribution is 2.58. The molecule has 0 saturated carbocycles. The van der Waals surface area contributed by atoms with Crippen molar-refractivity contribution in [2.75, 3.05) is 0 Å². The highest BCUT2D eigenvalue weighted by atomic mass is 15.0. The Morgan fingerprint density at radius 3 is 1.00 bits per heavy atom. The van der Waals surface area contributed by atoms with Gasteiger partial charge in [0, 0.05) is 43.2 Å². The molecule has 0 amide bonds. The van der Waals surface area contributed by atoms with Crippen LogP contribution in [0.3, 0.4) is 0 Å². The Bertz CT molecular complexity index is 2770. The molecule has 12 rings (SSSR count). The van der Waals surface area contributed by atoms with Crippen molar-refractivity contribution < 1.29 is 0 Å². The molecule has 0 unspecified atom stereocenters. The summed E-state index contributed by atoms with van der Waals surface area (Å²) in [7, 11) is 0. The van der Waals surface area contributed by atoms with Gasteiger partial charge in [-0.05, 0) is 79.9 Å². The summed E-state index contributed by atoms with van der Waals surface area (Å²) in [5.41, 5.74) is 21.9. The van der Waals surface area contributed by atoms with Crippen molar-refractivity contribution in [1.29, 1.82) is 0 Å². The van der Waals surface area contributed by atoms with E-state index in [0.29, 0.717) is 0 Å². The number of hydrogen-bond donors (Lipinski definition) is 0. The molecular weight excluding hydrogens is 605 g/mol. The number of rotatable bonds is 1. The first-order valence-corrected chi connectivity index (χ1v) is 18.4. The van der Waals surface area contributed by atoms with E-state index in [1.54, 1.807) is 0 Å². The fourth-order valence-corrected chi connectivity index (χ4v) is 11.3. The van der Waals surface area contributed by atoms with E-state index in [0.717, 1.165) is 0 Å². The summed E-state index contributed by atoms with van der Waals surface area (Å²) < 4.78 is 5.27. The van der Waals surface area contributed by atoms with Crippen LogP contribution < -0.4 is 0 Å². The highest BCUT2D eigenvalue weighted by molar-refractivity contribution is 6.17. The molecule has 6 heterocycles. The van der Waals surface area contributed by atoms with E-state index in [1.165, 1.54) is 111 Å². The molecule has 2 nitrogen and oxygen atoms in total. The van der Waals surface area contributed by atoms with Crippen LogP contribution in [-0.2, 0) is 21.7 Å². The summed E-state index contributed by atoms with van der Waals surface area (Å²) in [6, 6.07) is 38.2. The van der Waals surface area contributed by atoms with E-state index < -0.39 is 0 Å². The van der Waals surface area contributed by atoms with Gasteiger partial charge in [-0.2, -0.15) is 0 Å². The standard InChI is InChI=1S/C48H40N2/c1-45(2)31-15-9-13-27-29-21-25(23-37-41(29)49(39(27)31)43-33(45)17-11-19-35(43)47(37,5)6)26-22-30-28-14-10-16-32-40(28)50-42(30)38(24-26)48(7,8)36-20-12-18-34(44(36)50)46(32,3)4/h9-24H,1-8H3. The summed E-state index contributed by atoms with van der Waals surface area (Å²) in [6.07, 6.45) is 0. The van der Waals surface area contributed by atoms with Gasteiger partial charge < -0.3 is 9.13 Å². The van der Waals surface area contributed by atoms with Crippen molar-refractivity contribution in [1.82, 2.24) is 9.13 Å². The summed E-state index contributed by atoms with van der Waals surface area (Å²) in [4.78, 5) is 0. The zero-order valence-corrected chi connectivity index (χ0v) is 30.1. The fourth-order valence-electron chi connectivity index (χ4n) is 11.3. The molecular formula is C48H40N2. The lowest BCUT2D eigenvalue weighted by atomic mass is 9.68. The number of para-hydroxylation sites is 4. The summed E-state index contributed by atoms with van der Waals surface area (Å²) in [6.45, 7) is 19.4. The maximum atomic E-state index is 2.64. The summed E-state index contributed by atoms with van der Waals surface area (Å²) >= 11 is 0. The molecule has 2 heteroatoms. The molecule has 0 saturated heterocycles. The van der Waals surface area contributed by atoms with Gasteiger partial charge in [0.15, 0.2) is 0 Å². The van der Waals surface area contributed by atoms with Gasteiger partial charge in [0.25, 0.3) is 0 Å². The maximum Gasteiger partial charge on any atom is 0.0582 e. The second kappa shape index (κ2) is 7.94. The third kappa shape index (κ3) is 2.71. The molecule has 50 heavy (non-hydrogen) atoms. The zero-order valence-electron chi connectivity index (χ0n) is 30.1. The van der Waals surface area contributed by atoms with Crippen LogP contribution in [0.4, 0.5) is 0 Å². The van der Waals surface area contributed by atoms with E-state index in [1.807, 2.05) is 0 Å². The molecule has 0 radical (unpaired) electrons. The van der Waals surface area contributed by atoms with Gasteiger partial charge in [0.1, 0.15) is 0 Å². The van der Waals surface area contributed by atoms with Crippen LogP contribution >= 0.6 is 0 Å². The Hall–Kier alpha value is -5.08. The largest absolute Gasteiger partial charge is 0.308 e. The molecule has 6 aromatic carbocycles. The lowest BCUT2D eigenvalue weighted by Crippen LogP contribution is -2.33. The van der Waals surface area contributed by atoms with Gasteiger partial charge >= 0.3 is 0 Å². The second-order valence-corrected chi connectivity index (χ2v) is 17.8. The SMILES string of the molecule is CC1(C)c2cccc3c2-n2c4c1cccc4c1cc(-c4cc5c6c(c4)c4cccc7c4n6-c4c(cccc4C5(C)C)C7(C)C)cc(c12)C3(C)C. The van der Waals surface area contributed by atoms with Crippen molar-refractivity contribution in [3.8, 4) is 22.5 Å². The average Bonchev–Trinajstić information content (AvgIpc) is 3.61. The van der Waals surface area contributed by atoms with Crippen molar-refractivity contribution >= 4 is 43.6 Å². The molecule has 0 fully saturated rings. The van der Waals surface area contributed by atoms with Gasteiger partial charge in [0.2, 0.25) is 0 Å². The van der Waals surface area contributed by atoms with Crippen LogP contribution in [0.2, 0.25) is 0 Å². The van der Waals surface area contributed by atoms with Crippen LogP contribution in [0.15, 0.2) is 97.1 Å². The minimum absolute atomic E-state index is 0.0770.